The highest BCUT2D eigenvalue weighted by atomic mass is 32.2. The molecule has 0 aliphatic carbocycles. The molecule has 0 spiro atoms. The van der Waals surface area contributed by atoms with Gasteiger partial charge in [0.15, 0.2) is 17.9 Å². The molecule has 3 heterocycles. The third kappa shape index (κ3) is 3.30. The molecule has 9 heteroatoms. The van der Waals surface area contributed by atoms with Gasteiger partial charge in [0.1, 0.15) is 24.4 Å². The van der Waals surface area contributed by atoms with Crippen molar-refractivity contribution in [1.29, 1.82) is 0 Å². The van der Waals surface area contributed by atoms with Crippen molar-refractivity contribution >= 4 is 10.1 Å². The third-order valence-corrected chi connectivity index (χ3v) is 4.28. The quantitative estimate of drug-likeness (QED) is 0.682. The van der Waals surface area contributed by atoms with E-state index in [0.717, 1.165) is 6.26 Å². The van der Waals surface area contributed by atoms with Gasteiger partial charge in [-0.2, -0.15) is 8.42 Å². The van der Waals surface area contributed by atoms with Gasteiger partial charge in [0.2, 0.25) is 0 Å². The minimum atomic E-state index is -3.69. The summed E-state index contributed by atoms with van der Waals surface area (Å²) in [4.78, 5) is 0. The van der Waals surface area contributed by atoms with Gasteiger partial charge in [0, 0.05) is 0 Å². The average molecular weight is 338 g/mol. The molecule has 8 nitrogen and oxygen atoms in total. The van der Waals surface area contributed by atoms with Gasteiger partial charge in [-0.15, -0.1) is 0 Å². The normalized spacial score (nSPS) is 43.4. The Bertz CT molecular complexity index is 542. The van der Waals surface area contributed by atoms with Crippen LogP contribution >= 0.6 is 0 Å². The highest BCUT2D eigenvalue weighted by Crippen LogP contribution is 2.42. The SMILES string of the molecule is CC1(C)OCC([C@H]2O[C@@H]3OC(C)(C)O[C@@H]3[C@H]2OS(C)(=O)=O)O1. The Morgan fingerprint density at radius 1 is 1.00 bits per heavy atom. The Morgan fingerprint density at radius 2 is 1.68 bits per heavy atom. The van der Waals surface area contributed by atoms with Crippen molar-refractivity contribution < 1.29 is 36.3 Å². The lowest BCUT2D eigenvalue weighted by molar-refractivity contribution is -0.230. The molecular weight excluding hydrogens is 316 g/mol. The molecular formula is C13H22O8S. The zero-order chi connectivity index (χ0) is 16.3. The number of hydrogen-bond acceptors (Lipinski definition) is 8. The smallest absolute Gasteiger partial charge is 0.264 e. The van der Waals surface area contributed by atoms with Crippen molar-refractivity contribution in [2.24, 2.45) is 0 Å². The molecule has 3 rings (SSSR count). The molecule has 0 saturated carbocycles. The number of fused-ring (bicyclic) bond motifs is 1. The van der Waals surface area contributed by atoms with Crippen LogP contribution in [-0.2, 0) is 38.0 Å². The van der Waals surface area contributed by atoms with Gasteiger partial charge >= 0.3 is 0 Å². The second kappa shape index (κ2) is 5.10. The van der Waals surface area contributed by atoms with Crippen LogP contribution in [0.3, 0.4) is 0 Å². The zero-order valence-electron chi connectivity index (χ0n) is 13.3. The Balaban J connectivity index is 1.81. The monoisotopic (exact) mass is 338 g/mol. The van der Waals surface area contributed by atoms with E-state index in [1.165, 1.54) is 0 Å². The first-order chi connectivity index (χ1) is 9.96. The predicted octanol–water partition coefficient (Wildman–Crippen LogP) is 0.359. The summed E-state index contributed by atoms with van der Waals surface area (Å²) in [5.74, 6) is -1.60. The molecule has 0 amide bonds. The summed E-state index contributed by atoms with van der Waals surface area (Å²) in [5, 5.41) is 0. The van der Waals surface area contributed by atoms with E-state index >= 15 is 0 Å². The van der Waals surface area contributed by atoms with Crippen LogP contribution in [0.25, 0.3) is 0 Å². The highest BCUT2D eigenvalue weighted by Gasteiger charge is 2.59. The first-order valence-corrected chi connectivity index (χ1v) is 8.99. The zero-order valence-corrected chi connectivity index (χ0v) is 14.1. The lowest BCUT2D eigenvalue weighted by Gasteiger charge is -2.28. The summed E-state index contributed by atoms with van der Waals surface area (Å²) in [6.45, 7) is 7.32. The lowest BCUT2D eigenvalue weighted by atomic mass is 10.1. The van der Waals surface area contributed by atoms with Crippen molar-refractivity contribution in [3.8, 4) is 0 Å². The van der Waals surface area contributed by atoms with Crippen LogP contribution in [0.15, 0.2) is 0 Å². The predicted molar refractivity (Wildman–Crippen MR) is 73.3 cm³/mol. The maximum absolute atomic E-state index is 11.6. The molecule has 0 N–H and O–H groups in total. The lowest BCUT2D eigenvalue weighted by Crippen LogP contribution is -2.45. The molecule has 22 heavy (non-hydrogen) atoms. The van der Waals surface area contributed by atoms with Gasteiger partial charge in [0.05, 0.1) is 12.9 Å². The first kappa shape index (κ1) is 16.6. The summed E-state index contributed by atoms with van der Waals surface area (Å²) in [7, 11) is -3.69. The molecule has 128 valence electrons. The highest BCUT2D eigenvalue weighted by molar-refractivity contribution is 7.86. The Kier molecular flexibility index (Phi) is 3.84. The molecule has 3 aliphatic heterocycles. The van der Waals surface area contributed by atoms with Crippen molar-refractivity contribution in [2.75, 3.05) is 12.9 Å². The van der Waals surface area contributed by atoms with Crippen LogP contribution in [-0.4, -0.2) is 63.6 Å². The van der Waals surface area contributed by atoms with Gasteiger partial charge in [-0.3, -0.25) is 4.18 Å². The van der Waals surface area contributed by atoms with Crippen molar-refractivity contribution in [2.45, 2.75) is 70.0 Å². The van der Waals surface area contributed by atoms with E-state index in [9.17, 15) is 8.42 Å². The molecule has 1 unspecified atom stereocenters. The van der Waals surface area contributed by atoms with E-state index in [1.807, 2.05) is 0 Å². The Labute approximate surface area is 130 Å². The van der Waals surface area contributed by atoms with Crippen LogP contribution in [0.4, 0.5) is 0 Å². The van der Waals surface area contributed by atoms with E-state index in [0.29, 0.717) is 0 Å². The minimum Gasteiger partial charge on any atom is -0.348 e. The standard InChI is InChI=1S/C13H22O8S/c1-12(2)16-6-7(18-12)8-9(21-22(5,14)15)10-11(17-8)20-13(3,4)19-10/h7-11H,6H2,1-5H3/t7?,8-,9+,10-,11-/m1/s1. The molecule has 0 aromatic rings. The van der Waals surface area contributed by atoms with Crippen molar-refractivity contribution in [1.82, 2.24) is 0 Å². The van der Waals surface area contributed by atoms with E-state index in [4.69, 9.17) is 27.9 Å². The van der Waals surface area contributed by atoms with E-state index in [-0.39, 0.29) is 6.61 Å². The largest absolute Gasteiger partial charge is 0.348 e. The fraction of sp³-hybridized carbons (Fsp3) is 1.00. The van der Waals surface area contributed by atoms with Crippen LogP contribution in [0.1, 0.15) is 27.7 Å². The molecule has 3 fully saturated rings. The van der Waals surface area contributed by atoms with Gasteiger partial charge in [-0.1, -0.05) is 0 Å². The average Bonchev–Trinajstić information content (AvgIpc) is 2.89. The van der Waals surface area contributed by atoms with E-state index in [2.05, 4.69) is 0 Å². The first-order valence-electron chi connectivity index (χ1n) is 7.17. The molecule has 0 radical (unpaired) electrons. The van der Waals surface area contributed by atoms with Crippen molar-refractivity contribution in [3.63, 3.8) is 0 Å². The summed E-state index contributed by atoms with van der Waals surface area (Å²) in [5.41, 5.74) is 0. The summed E-state index contributed by atoms with van der Waals surface area (Å²) in [6.07, 6.45) is -2.29. The van der Waals surface area contributed by atoms with E-state index < -0.39 is 52.4 Å². The summed E-state index contributed by atoms with van der Waals surface area (Å²) >= 11 is 0. The van der Waals surface area contributed by atoms with Crippen LogP contribution in [0, 0.1) is 0 Å². The molecule has 5 atom stereocenters. The number of ether oxygens (including phenoxy) is 5. The topological polar surface area (TPSA) is 89.5 Å². The molecule has 0 aromatic heterocycles. The fourth-order valence-electron chi connectivity index (χ4n) is 2.99. The summed E-state index contributed by atoms with van der Waals surface area (Å²) < 4.78 is 56.8. The molecule has 0 aromatic carbocycles. The Hall–Kier alpha value is -0.290. The van der Waals surface area contributed by atoms with Gasteiger partial charge in [0.25, 0.3) is 10.1 Å². The second-order valence-corrected chi connectivity index (χ2v) is 8.30. The number of rotatable bonds is 3. The van der Waals surface area contributed by atoms with Gasteiger partial charge < -0.3 is 23.7 Å². The van der Waals surface area contributed by atoms with Crippen LogP contribution in [0.5, 0.6) is 0 Å². The van der Waals surface area contributed by atoms with Crippen molar-refractivity contribution in [3.05, 3.63) is 0 Å². The van der Waals surface area contributed by atoms with Crippen LogP contribution in [0.2, 0.25) is 0 Å². The van der Waals surface area contributed by atoms with Gasteiger partial charge in [-0.25, -0.2) is 0 Å². The summed E-state index contributed by atoms with van der Waals surface area (Å²) in [6, 6.07) is 0. The second-order valence-electron chi connectivity index (χ2n) is 6.70. The third-order valence-electron chi connectivity index (χ3n) is 3.71. The minimum absolute atomic E-state index is 0.282. The fourth-order valence-corrected chi connectivity index (χ4v) is 3.61. The van der Waals surface area contributed by atoms with E-state index in [1.54, 1.807) is 27.7 Å². The molecule has 3 saturated heterocycles. The number of hydrogen-bond donors (Lipinski definition) is 0. The molecule has 3 aliphatic rings. The van der Waals surface area contributed by atoms with Gasteiger partial charge in [-0.05, 0) is 27.7 Å². The maximum atomic E-state index is 11.6. The Morgan fingerprint density at radius 3 is 2.23 bits per heavy atom. The van der Waals surface area contributed by atoms with Crippen LogP contribution < -0.4 is 0 Å². The molecule has 0 bridgehead atoms. The maximum Gasteiger partial charge on any atom is 0.264 e.